The molecule has 2 fully saturated rings. The molecule has 0 radical (unpaired) electrons. The zero-order valence-corrected chi connectivity index (χ0v) is 14.8. The molecule has 0 aromatic heterocycles. The first-order chi connectivity index (χ1) is 12.5. The number of carbonyl (C=O) groups is 3. The summed E-state index contributed by atoms with van der Waals surface area (Å²) in [6.45, 7) is 2.08. The lowest BCUT2D eigenvalue weighted by atomic mass is 9.98. The second kappa shape index (κ2) is 8.21. The molecule has 1 atom stereocenters. The summed E-state index contributed by atoms with van der Waals surface area (Å²) < 4.78 is 0. The summed E-state index contributed by atoms with van der Waals surface area (Å²) in [5, 5.41) is 12.1. The summed E-state index contributed by atoms with van der Waals surface area (Å²) in [6, 6.07) is 9.04. The van der Waals surface area contributed by atoms with E-state index in [0.29, 0.717) is 50.9 Å². The average molecular weight is 359 g/mol. The molecule has 140 valence electrons. The standard InChI is InChI=1S/C19H25N3O4/c23-17(14-5-2-1-3-6-14)21-11-8-16(9-12-21)20-19(26)22-10-4-7-15(13-22)18(24)25/h1-3,5-6,15-16H,4,7-13H2,(H,20,26)(H,24,25). The van der Waals surface area contributed by atoms with Crippen molar-refractivity contribution in [3.63, 3.8) is 0 Å². The number of aliphatic carboxylic acids is 1. The van der Waals surface area contributed by atoms with Crippen molar-refractivity contribution in [1.82, 2.24) is 15.1 Å². The van der Waals surface area contributed by atoms with Crippen LogP contribution in [0.15, 0.2) is 30.3 Å². The van der Waals surface area contributed by atoms with Gasteiger partial charge in [-0.25, -0.2) is 4.79 Å². The van der Waals surface area contributed by atoms with Gasteiger partial charge in [0.25, 0.3) is 5.91 Å². The lowest BCUT2D eigenvalue weighted by Crippen LogP contribution is -2.52. The van der Waals surface area contributed by atoms with Crippen LogP contribution in [0.5, 0.6) is 0 Å². The third kappa shape index (κ3) is 4.33. The number of amides is 3. The molecular formula is C19H25N3O4. The maximum atomic E-state index is 12.5. The van der Waals surface area contributed by atoms with Gasteiger partial charge in [-0.2, -0.15) is 0 Å². The number of nitrogens with one attached hydrogen (secondary N) is 1. The third-order valence-electron chi connectivity index (χ3n) is 5.19. The molecular weight excluding hydrogens is 334 g/mol. The molecule has 0 saturated carbocycles. The quantitative estimate of drug-likeness (QED) is 0.861. The molecule has 3 rings (SSSR count). The summed E-state index contributed by atoms with van der Waals surface area (Å²) in [5.74, 6) is -1.29. The van der Waals surface area contributed by atoms with Crippen LogP contribution in [0.2, 0.25) is 0 Å². The number of likely N-dealkylation sites (tertiary alicyclic amines) is 2. The highest BCUT2D eigenvalue weighted by Gasteiger charge is 2.30. The Bertz CT molecular complexity index is 656. The number of benzene rings is 1. The van der Waals surface area contributed by atoms with E-state index in [0.717, 1.165) is 0 Å². The molecule has 1 aromatic rings. The molecule has 7 nitrogen and oxygen atoms in total. The largest absolute Gasteiger partial charge is 0.481 e. The van der Waals surface area contributed by atoms with Crippen LogP contribution in [-0.2, 0) is 4.79 Å². The van der Waals surface area contributed by atoms with Gasteiger partial charge in [0.2, 0.25) is 0 Å². The number of hydrogen-bond acceptors (Lipinski definition) is 3. The smallest absolute Gasteiger partial charge is 0.317 e. The summed E-state index contributed by atoms with van der Waals surface area (Å²) in [6.07, 6.45) is 2.76. The maximum absolute atomic E-state index is 12.5. The number of carboxylic acid groups (broad SMARTS) is 1. The van der Waals surface area contributed by atoms with E-state index in [1.807, 2.05) is 35.2 Å². The Labute approximate surface area is 153 Å². The molecule has 26 heavy (non-hydrogen) atoms. The van der Waals surface area contributed by atoms with Crippen LogP contribution in [0.3, 0.4) is 0 Å². The van der Waals surface area contributed by atoms with Gasteiger partial charge in [-0.15, -0.1) is 0 Å². The van der Waals surface area contributed by atoms with Crippen molar-refractivity contribution in [1.29, 1.82) is 0 Å². The van der Waals surface area contributed by atoms with E-state index in [9.17, 15) is 14.4 Å². The first-order valence-electron chi connectivity index (χ1n) is 9.17. The minimum absolute atomic E-state index is 0.0209. The summed E-state index contributed by atoms with van der Waals surface area (Å²) >= 11 is 0. The van der Waals surface area contributed by atoms with Gasteiger partial charge in [0.15, 0.2) is 0 Å². The van der Waals surface area contributed by atoms with Gasteiger partial charge in [-0.05, 0) is 37.8 Å². The Balaban J connectivity index is 1.47. The molecule has 2 aliphatic rings. The molecule has 2 saturated heterocycles. The van der Waals surface area contributed by atoms with Crippen LogP contribution in [0, 0.1) is 5.92 Å². The highest BCUT2D eigenvalue weighted by molar-refractivity contribution is 5.94. The van der Waals surface area contributed by atoms with Crippen molar-refractivity contribution in [2.24, 2.45) is 5.92 Å². The van der Waals surface area contributed by atoms with Crippen LogP contribution in [0.25, 0.3) is 0 Å². The van der Waals surface area contributed by atoms with Crippen LogP contribution in [0.4, 0.5) is 4.79 Å². The first-order valence-corrected chi connectivity index (χ1v) is 9.17. The van der Waals surface area contributed by atoms with Crippen LogP contribution >= 0.6 is 0 Å². The number of carboxylic acids is 1. The van der Waals surface area contributed by atoms with Gasteiger partial charge in [-0.3, -0.25) is 9.59 Å². The molecule has 0 spiro atoms. The highest BCUT2D eigenvalue weighted by atomic mass is 16.4. The van der Waals surface area contributed by atoms with E-state index in [1.165, 1.54) is 0 Å². The van der Waals surface area contributed by atoms with Gasteiger partial charge in [-0.1, -0.05) is 18.2 Å². The SMILES string of the molecule is O=C(O)C1CCCN(C(=O)NC2CCN(C(=O)c3ccccc3)CC2)C1. The molecule has 0 bridgehead atoms. The zero-order valence-electron chi connectivity index (χ0n) is 14.8. The molecule has 1 aromatic carbocycles. The molecule has 2 heterocycles. The average Bonchev–Trinajstić information content (AvgIpc) is 2.68. The van der Waals surface area contributed by atoms with Gasteiger partial charge < -0.3 is 20.2 Å². The lowest BCUT2D eigenvalue weighted by molar-refractivity contribution is -0.143. The Morgan fingerprint density at radius 3 is 2.31 bits per heavy atom. The fourth-order valence-electron chi connectivity index (χ4n) is 3.62. The monoisotopic (exact) mass is 359 g/mol. The fraction of sp³-hybridized carbons (Fsp3) is 0.526. The fourth-order valence-corrected chi connectivity index (χ4v) is 3.62. The Hall–Kier alpha value is -2.57. The van der Waals surface area contributed by atoms with Gasteiger partial charge in [0, 0.05) is 37.8 Å². The number of carbonyl (C=O) groups excluding carboxylic acids is 2. The van der Waals surface area contributed by atoms with Gasteiger partial charge in [0.05, 0.1) is 5.92 Å². The molecule has 7 heteroatoms. The minimum atomic E-state index is -0.838. The molecule has 2 N–H and O–H groups in total. The highest BCUT2D eigenvalue weighted by Crippen LogP contribution is 2.18. The van der Waals surface area contributed by atoms with Crippen LogP contribution < -0.4 is 5.32 Å². The normalized spacial score (nSPS) is 21.3. The van der Waals surface area contributed by atoms with Crippen molar-refractivity contribution in [3.8, 4) is 0 Å². The van der Waals surface area contributed by atoms with E-state index in [4.69, 9.17) is 5.11 Å². The maximum Gasteiger partial charge on any atom is 0.317 e. The third-order valence-corrected chi connectivity index (χ3v) is 5.19. The van der Waals surface area contributed by atoms with Crippen molar-refractivity contribution < 1.29 is 19.5 Å². The second-order valence-corrected chi connectivity index (χ2v) is 7.01. The summed E-state index contributed by atoms with van der Waals surface area (Å²) in [4.78, 5) is 39.4. The second-order valence-electron chi connectivity index (χ2n) is 7.01. The lowest BCUT2D eigenvalue weighted by Gasteiger charge is -2.35. The number of piperidine rings is 2. The van der Waals surface area contributed by atoms with Crippen molar-refractivity contribution in [2.75, 3.05) is 26.2 Å². The summed E-state index contributed by atoms with van der Waals surface area (Å²) in [5.41, 5.74) is 0.683. The topological polar surface area (TPSA) is 89.9 Å². The number of urea groups is 1. The first kappa shape index (κ1) is 18.2. The van der Waals surface area contributed by atoms with Gasteiger partial charge in [0.1, 0.15) is 0 Å². The predicted molar refractivity (Wildman–Crippen MR) is 95.8 cm³/mol. The Morgan fingerprint density at radius 1 is 0.962 bits per heavy atom. The predicted octanol–water partition coefficient (Wildman–Crippen LogP) is 1.80. The van der Waals surface area contributed by atoms with Crippen LogP contribution in [0.1, 0.15) is 36.0 Å². The van der Waals surface area contributed by atoms with E-state index in [1.54, 1.807) is 4.90 Å². The van der Waals surface area contributed by atoms with Crippen molar-refractivity contribution in [2.45, 2.75) is 31.7 Å². The summed E-state index contributed by atoms with van der Waals surface area (Å²) in [7, 11) is 0. The molecule has 0 aliphatic carbocycles. The van der Waals surface area contributed by atoms with E-state index >= 15 is 0 Å². The molecule has 2 aliphatic heterocycles. The Morgan fingerprint density at radius 2 is 1.65 bits per heavy atom. The number of rotatable bonds is 3. The zero-order chi connectivity index (χ0) is 18.5. The molecule has 1 unspecified atom stereocenters. The number of nitrogens with zero attached hydrogens (tertiary/aromatic N) is 2. The van der Waals surface area contributed by atoms with Crippen molar-refractivity contribution >= 4 is 17.9 Å². The van der Waals surface area contributed by atoms with E-state index in [2.05, 4.69) is 5.32 Å². The van der Waals surface area contributed by atoms with E-state index in [-0.39, 0.29) is 24.5 Å². The Kier molecular flexibility index (Phi) is 5.75. The molecule has 3 amide bonds. The van der Waals surface area contributed by atoms with Crippen molar-refractivity contribution in [3.05, 3.63) is 35.9 Å². The van der Waals surface area contributed by atoms with E-state index < -0.39 is 11.9 Å². The number of hydrogen-bond donors (Lipinski definition) is 2. The van der Waals surface area contributed by atoms with Crippen LogP contribution in [-0.4, -0.2) is 65.0 Å². The minimum Gasteiger partial charge on any atom is -0.481 e. The van der Waals surface area contributed by atoms with Gasteiger partial charge >= 0.3 is 12.0 Å².